The molecule has 0 bridgehead atoms. The molecule has 0 spiro atoms. The number of benzene rings is 2. The minimum Gasteiger partial charge on any atom is -0.406 e. The number of hydrogen-bond donors (Lipinski definition) is 1. The van der Waals surface area contributed by atoms with Crippen molar-refractivity contribution >= 4 is 10.0 Å². The summed E-state index contributed by atoms with van der Waals surface area (Å²) in [4.78, 5) is -0.368. The minimum atomic E-state index is -4.95. The SMILES string of the molecule is O=S(=O)(c1cccc(OC(F)(F)F)c1)N(C[C@H](O)c1ccc(F)cc1)C1CC1. The van der Waals surface area contributed by atoms with Gasteiger partial charge in [-0.3, -0.25) is 0 Å². The van der Waals surface area contributed by atoms with Gasteiger partial charge in [0.1, 0.15) is 11.6 Å². The highest BCUT2D eigenvalue weighted by atomic mass is 32.2. The second-order valence-electron chi connectivity index (χ2n) is 6.40. The van der Waals surface area contributed by atoms with Gasteiger partial charge in [0, 0.05) is 18.7 Å². The summed E-state index contributed by atoms with van der Waals surface area (Å²) in [6.07, 6.45) is -5.01. The third-order valence-corrected chi connectivity index (χ3v) is 6.12. The maximum absolute atomic E-state index is 13.0. The smallest absolute Gasteiger partial charge is 0.406 e. The van der Waals surface area contributed by atoms with Crippen molar-refractivity contribution in [2.45, 2.75) is 36.2 Å². The van der Waals surface area contributed by atoms with Crippen LogP contribution in [0.2, 0.25) is 0 Å². The second kappa shape index (κ2) is 7.69. The summed E-state index contributed by atoms with van der Waals surface area (Å²) in [5.41, 5.74) is 0.330. The van der Waals surface area contributed by atoms with Crippen molar-refractivity contribution in [3.8, 4) is 5.75 Å². The average Bonchev–Trinajstić information content (AvgIpc) is 3.43. The molecule has 0 aromatic heterocycles. The van der Waals surface area contributed by atoms with Gasteiger partial charge in [-0.15, -0.1) is 13.2 Å². The molecule has 2 aromatic rings. The molecular formula is C18H17F4NO4S. The summed E-state index contributed by atoms with van der Waals surface area (Å²) >= 11 is 0. The molecule has 1 atom stereocenters. The Bertz CT molecular complexity index is 927. The summed E-state index contributed by atoms with van der Waals surface area (Å²) in [5.74, 6) is -1.15. The standard InChI is InChI=1S/C18H17F4NO4S/c19-13-6-4-12(5-7-13)17(24)11-23(14-8-9-14)28(25,26)16-3-1-2-15(10-16)27-18(20,21)22/h1-7,10,14,17,24H,8-9,11H2/t17-/m0/s1. The molecule has 1 aliphatic rings. The van der Waals surface area contributed by atoms with Gasteiger partial charge in [0.05, 0.1) is 11.0 Å². The number of sulfonamides is 1. The Labute approximate surface area is 159 Å². The first kappa shape index (κ1) is 20.6. The van der Waals surface area contributed by atoms with Crippen molar-refractivity contribution in [2.24, 2.45) is 0 Å². The Balaban J connectivity index is 1.85. The molecule has 0 heterocycles. The van der Waals surface area contributed by atoms with Crippen LogP contribution in [-0.4, -0.2) is 36.8 Å². The van der Waals surface area contributed by atoms with Crippen LogP contribution < -0.4 is 4.74 Å². The largest absolute Gasteiger partial charge is 0.573 e. The fourth-order valence-corrected chi connectivity index (χ4v) is 4.46. The van der Waals surface area contributed by atoms with Crippen LogP contribution in [0.3, 0.4) is 0 Å². The molecule has 10 heteroatoms. The zero-order valence-corrected chi connectivity index (χ0v) is 15.3. The molecule has 1 N–H and O–H groups in total. The van der Waals surface area contributed by atoms with Crippen LogP contribution in [0.5, 0.6) is 5.75 Å². The van der Waals surface area contributed by atoms with Crippen molar-refractivity contribution in [3.63, 3.8) is 0 Å². The predicted octanol–water partition coefficient (Wildman–Crippen LogP) is 3.61. The summed E-state index contributed by atoms with van der Waals surface area (Å²) < 4.78 is 81.1. The topological polar surface area (TPSA) is 66.8 Å². The molecule has 1 aliphatic carbocycles. The second-order valence-corrected chi connectivity index (χ2v) is 8.29. The lowest BCUT2D eigenvalue weighted by Crippen LogP contribution is -2.36. The molecule has 2 aromatic carbocycles. The van der Waals surface area contributed by atoms with Gasteiger partial charge >= 0.3 is 6.36 Å². The first-order valence-corrected chi connectivity index (χ1v) is 9.81. The van der Waals surface area contributed by atoms with Gasteiger partial charge in [-0.05, 0) is 42.7 Å². The van der Waals surface area contributed by atoms with Gasteiger partial charge in [-0.2, -0.15) is 4.31 Å². The van der Waals surface area contributed by atoms with Gasteiger partial charge < -0.3 is 9.84 Å². The van der Waals surface area contributed by atoms with E-state index in [2.05, 4.69) is 4.74 Å². The van der Waals surface area contributed by atoms with Gasteiger partial charge in [0.15, 0.2) is 0 Å². The van der Waals surface area contributed by atoms with Crippen LogP contribution in [0.15, 0.2) is 53.4 Å². The number of halogens is 4. The lowest BCUT2D eigenvalue weighted by atomic mass is 10.1. The first-order chi connectivity index (χ1) is 13.1. The van der Waals surface area contributed by atoms with E-state index in [1.807, 2.05) is 0 Å². The van der Waals surface area contributed by atoms with E-state index in [9.17, 15) is 31.1 Å². The van der Waals surface area contributed by atoms with Crippen LogP contribution in [0, 0.1) is 5.82 Å². The zero-order chi connectivity index (χ0) is 20.5. The van der Waals surface area contributed by atoms with Crippen LogP contribution in [-0.2, 0) is 10.0 Å². The number of hydrogen-bond acceptors (Lipinski definition) is 4. The van der Waals surface area contributed by atoms with E-state index in [-0.39, 0.29) is 17.5 Å². The molecule has 152 valence electrons. The molecule has 0 saturated heterocycles. The Morgan fingerprint density at radius 2 is 1.79 bits per heavy atom. The monoisotopic (exact) mass is 419 g/mol. The van der Waals surface area contributed by atoms with E-state index in [1.54, 1.807) is 0 Å². The maximum atomic E-state index is 13.0. The third-order valence-electron chi connectivity index (χ3n) is 4.21. The number of rotatable bonds is 7. The van der Waals surface area contributed by atoms with E-state index in [0.717, 1.165) is 40.7 Å². The Kier molecular flexibility index (Phi) is 5.64. The number of alkyl halides is 3. The number of aliphatic hydroxyl groups is 1. The van der Waals surface area contributed by atoms with Gasteiger partial charge in [-0.1, -0.05) is 18.2 Å². The fourth-order valence-electron chi connectivity index (χ4n) is 2.73. The molecule has 0 amide bonds. The van der Waals surface area contributed by atoms with Gasteiger partial charge in [0.25, 0.3) is 0 Å². The molecule has 5 nitrogen and oxygen atoms in total. The summed E-state index contributed by atoms with van der Waals surface area (Å²) in [6.45, 7) is -0.303. The molecule has 3 rings (SSSR count). The van der Waals surface area contributed by atoms with Crippen LogP contribution in [0.1, 0.15) is 24.5 Å². The van der Waals surface area contributed by atoms with Gasteiger partial charge in [0.2, 0.25) is 10.0 Å². The fraction of sp³-hybridized carbons (Fsp3) is 0.333. The summed E-state index contributed by atoms with van der Waals surface area (Å²) in [7, 11) is -4.18. The highest BCUT2D eigenvalue weighted by molar-refractivity contribution is 7.89. The van der Waals surface area contributed by atoms with E-state index >= 15 is 0 Å². The summed E-state index contributed by atoms with van der Waals surface area (Å²) in [6, 6.07) is 8.73. The lowest BCUT2D eigenvalue weighted by molar-refractivity contribution is -0.274. The molecule has 1 fully saturated rings. The Hall–Kier alpha value is -2.17. The van der Waals surface area contributed by atoms with E-state index in [4.69, 9.17) is 0 Å². The van der Waals surface area contributed by atoms with Crippen molar-refractivity contribution in [1.29, 1.82) is 0 Å². The van der Waals surface area contributed by atoms with E-state index in [0.29, 0.717) is 18.4 Å². The highest BCUT2D eigenvalue weighted by Gasteiger charge is 2.40. The number of aliphatic hydroxyl groups excluding tert-OH is 1. The quantitative estimate of drug-likeness (QED) is 0.697. The van der Waals surface area contributed by atoms with Crippen molar-refractivity contribution in [3.05, 3.63) is 59.9 Å². The van der Waals surface area contributed by atoms with E-state index < -0.39 is 34.1 Å². The van der Waals surface area contributed by atoms with Crippen LogP contribution in [0.25, 0.3) is 0 Å². The highest BCUT2D eigenvalue weighted by Crippen LogP contribution is 2.35. The predicted molar refractivity (Wildman–Crippen MR) is 91.4 cm³/mol. The molecule has 28 heavy (non-hydrogen) atoms. The molecule has 1 saturated carbocycles. The minimum absolute atomic E-state index is 0.303. The van der Waals surface area contributed by atoms with Crippen LogP contribution >= 0.6 is 0 Å². The Morgan fingerprint density at radius 3 is 2.36 bits per heavy atom. The molecular weight excluding hydrogens is 402 g/mol. The average molecular weight is 419 g/mol. The Morgan fingerprint density at radius 1 is 1.14 bits per heavy atom. The third kappa shape index (κ3) is 5.00. The van der Waals surface area contributed by atoms with Gasteiger partial charge in [-0.25, -0.2) is 12.8 Å². The van der Waals surface area contributed by atoms with E-state index in [1.165, 1.54) is 12.1 Å². The lowest BCUT2D eigenvalue weighted by Gasteiger charge is -2.25. The van der Waals surface area contributed by atoms with Crippen molar-refractivity contribution < 1.29 is 35.8 Å². The van der Waals surface area contributed by atoms with Crippen molar-refractivity contribution in [2.75, 3.05) is 6.54 Å². The number of ether oxygens (including phenoxy) is 1. The first-order valence-electron chi connectivity index (χ1n) is 8.37. The molecule has 0 unspecified atom stereocenters. The normalized spacial score (nSPS) is 16.2. The van der Waals surface area contributed by atoms with Crippen LogP contribution in [0.4, 0.5) is 17.6 Å². The maximum Gasteiger partial charge on any atom is 0.573 e. The molecule has 0 radical (unpaired) electrons. The van der Waals surface area contributed by atoms with Crippen molar-refractivity contribution in [1.82, 2.24) is 4.31 Å². The zero-order valence-electron chi connectivity index (χ0n) is 14.4. The molecule has 0 aliphatic heterocycles. The summed E-state index contributed by atoms with van der Waals surface area (Å²) in [5, 5.41) is 10.4. The number of nitrogens with zero attached hydrogens (tertiary/aromatic N) is 1.